The van der Waals surface area contributed by atoms with E-state index in [4.69, 9.17) is 10.5 Å². The fourth-order valence-corrected chi connectivity index (χ4v) is 1.20. The van der Waals surface area contributed by atoms with Crippen molar-refractivity contribution >= 4 is 5.78 Å². The monoisotopic (exact) mass is 208 g/mol. The smallest absolute Gasteiger partial charge is 0.181 e. The second-order valence-corrected chi connectivity index (χ2v) is 3.44. The summed E-state index contributed by atoms with van der Waals surface area (Å²) in [5, 5.41) is 0. The van der Waals surface area contributed by atoms with Gasteiger partial charge in [0.05, 0.1) is 6.04 Å². The van der Waals surface area contributed by atoms with Crippen molar-refractivity contribution in [1.82, 2.24) is 4.98 Å². The van der Waals surface area contributed by atoms with Gasteiger partial charge in [-0.25, -0.2) is 0 Å². The van der Waals surface area contributed by atoms with Gasteiger partial charge in [-0.1, -0.05) is 0 Å². The Kier molecular flexibility index (Phi) is 4.39. The fourth-order valence-electron chi connectivity index (χ4n) is 1.20. The van der Waals surface area contributed by atoms with Gasteiger partial charge < -0.3 is 10.5 Å². The van der Waals surface area contributed by atoms with Gasteiger partial charge in [-0.05, 0) is 25.5 Å². The van der Waals surface area contributed by atoms with Crippen LogP contribution >= 0.6 is 0 Å². The van der Waals surface area contributed by atoms with Crippen molar-refractivity contribution in [1.29, 1.82) is 0 Å². The van der Waals surface area contributed by atoms with E-state index in [9.17, 15) is 4.79 Å². The van der Waals surface area contributed by atoms with Crippen LogP contribution in [0.15, 0.2) is 18.3 Å². The highest BCUT2D eigenvalue weighted by atomic mass is 16.5. The number of ether oxygens (including phenoxy) is 1. The van der Waals surface area contributed by atoms with Crippen LogP contribution in [-0.4, -0.2) is 30.5 Å². The van der Waals surface area contributed by atoms with Crippen LogP contribution in [-0.2, 0) is 4.74 Å². The molecule has 0 saturated heterocycles. The first-order chi connectivity index (χ1) is 7.15. The number of aromatic nitrogens is 1. The SMILES string of the molecule is COCCC(N)C(=O)c1ccc(C)nc1. The number of hydrogen-bond donors (Lipinski definition) is 1. The molecule has 0 aromatic carbocycles. The third-order valence-electron chi connectivity index (χ3n) is 2.17. The standard InChI is InChI=1S/C11H16N2O2/c1-8-3-4-9(7-13-8)11(14)10(12)5-6-15-2/h3-4,7,10H,5-6,12H2,1-2H3. The zero-order valence-electron chi connectivity index (χ0n) is 9.06. The highest BCUT2D eigenvalue weighted by Gasteiger charge is 2.15. The van der Waals surface area contributed by atoms with Crippen molar-refractivity contribution in [3.05, 3.63) is 29.6 Å². The van der Waals surface area contributed by atoms with Gasteiger partial charge in [-0.15, -0.1) is 0 Å². The van der Waals surface area contributed by atoms with Gasteiger partial charge in [0.25, 0.3) is 0 Å². The summed E-state index contributed by atoms with van der Waals surface area (Å²) < 4.78 is 4.87. The minimum absolute atomic E-state index is 0.0837. The Morgan fingerprint density at radius 1 is 1.60 bits per heavy atom. The van der Waals surface area contributed by atoms with Crippen molar-refractivity contribution in [2.45, 2.75) is 19.4 Å². The van der Waals surface area contributed by atoms with Gasteiger partial charge >= 0.3 is 0 Å². The van der Waals surface area contributed by atoms with Gasteiger partial charge in [0, 0.05) is 31.2 Å². The average Bonchev–Trinajstić information content (AvgIpc) is 2.26. The lowest BCUT2D eigenvalue weighted by Gasteiger charge is -2.09. The van der Waals surface area contributed by atoms with Crippen LogP contribution in [0.25, 0.3) is 0 Å². The largest absolute Gasteiger partial charge is 0.385 e. The second kappa shape index (κ2) is 5.58. The van der Waals surface area contributed by atoms with E-state index in [2.05, 4.69) is 4.98 Å². The molecule has 0 aliphatic carbocycles. The quantitative estimate of drug-likeness (QED) is 0.731. The first-order valence-electron chi connectivity index (χ1n) is 4.86. The highest BCUT2D eigenvalue weighted by Crippen LogP contribution is 2.04. The molecule has 0 spiro atoms. The molecule has 1 unspecified atom stereocenters. The molecule has 0 bridgehead atoms. The lowest BCUT2D eigenvalue weighted by molar-refractivity contribution is 0.0935. The Morgan fingerprint density at radius 3 is 2.87 bits per heavy atom. The molecule has 0 saturated carbocycles. The van der Waals surface area contributed by atoms with Crippen LogP contribution in [0.4, 0.5) is 0 Å². The number of Topliss-reactive ketones (excluding diaryl/α,β-unsaturated/α-hetero) is 1. The maximum absolute atomic E-state index is 11.7. The number of methoxy groups -OCH3 is 1. The summed E-state index contributed by atoms with van der Waals surface area (Å²) in [6, 6.07) is 3.04. The molecule has 1 rings (SSSR count). The molecule has 0 aliphatic heterocycles. The maximum atomic E-state index is 11.7. The normalized spacial score (nSPS) is 12.5. The summed E-state index contributed by atoms with van der Waals surface area (Å²) in [5.41, 5.74) is 7.16. The molecule has 0 aliphatic rings. The van der Waals surface area contributed by atoms with Crippen molar-refractivity contribution < 1.29 is 9.53 Å². The number of carbonyl (C=O) groups is 1. The first-order valence-corrected chi connectivity index (χ1v) is 4.86. The zero-order valence-corrected chi connectivity index (χ0v) is 9.06. The maximum Gasteiger partial charge on any atom is 0.181 e. The topological polar surface area (TPSA) is 65.2 Å². The Hall–Kier alpha value is -1.26. The van der Waals surface area contributed by atoms with E-state index >= 15 is 0 Å². The summed E-state index contributed by atoms with van der Waals surface area (Å²) in [6.45, 7) is 2.37. The van der Waals surface area contributed by atoms with Crippen LogP contribution in [0.3, 0.4) is 0 Å². The van der Waals surface area contributed by atoms with E-state index in [-0.39, 0.29) is 5.78 Å². The highest BCUT2D eigenvalue weighted by molar-refractivity contribution is 5.99. The van der Waals surface area contributed by atoms with Crippen molar-refractivity contribution in [3.8, 4) is 0 Å². The molecule has 0 radical (unpaired) electrons. The lowest BCUT2D eigenvalue weighted by atomic mass is 10.0. The minimum atomic E-state index is -0.505. The van der Waals surface area contributed by atoms with Crippen LogP contribution < -0.4 is 5.73 Å². The molecule has 1 heterocycles. The molecule has 1 aromatic heterocycles. The number of pyridine rings is 1. The third-order valence-corrected chi connectivity index (χ3v) is 2.17. The van der Waals surface area contributed by atoms with Crippen molar-refractivity contribution in [2.24, 2.45) is 5.73 Å². The van der Waals surface area contributed by atoms with Gasteiger partial charge in [-0.3, -0.25) is 9.78 Å². The molecule has 1 atom stereocenters. The van der Waals surface area contributed by atoms with E-state index in [1.54, 1.807) is 25.4 Å². The Labute approximate surface area is 89.5 Å². The molecule has 4 nitrogen and oxygen atoms in total. The Balaban J connectivity index is 2.63. The number of hydrogen-bond acceptors (Lipinski definition) is 4. The summed E-state index contributed by atoms with van der Waals surface area (Å²) >= 11 is 0. The van der Waals surface area contributed by atoms with Crippen molar-refractivity contribution in [3.63, 3.8) is 0 Å². The predicted molar refractivity (Wildman–Crippen MR) is 57.8 cm³/mol. The van der Waals surface area contributed by atoms with Crippen LogP contribution in [0.5, 0.6) is 0 Å². The number of aryl methyl sites for hydroxylation is 1. The Bertz CT molecular complexity index is 322. The Morgan fingerprint density at radius 2 is 2.33 bits per heavy atom. The van der Waals surface area contributed by atoms with E-state index in [1.807, 2.05) is 6.92 Å². The average molecular weight is 208 g/mol. The van der Waals surface area contributed by atoms with Gasteiger partial charge in [0.2, 0.25) is 0 Å². The number of ketones is 1. The molecule has 1 aromatic rings. The summed E-state index contributed by atoms with van der Waals surface area (Å²) in [6.07, 6.45) is 2.09. The molecule has 15 heavy (non-hydrogen) atoms. The molecule has 4 heteroatoms. The van der Waals surface area contributed by atoms with Crippen LogP contribution in [0.2, 0.25) is 0 Å². The molecule has 82 valence electrons. The second-order valence-electron chi connectivity index (χ2n) is 3.44. The fraction of sp³-hybridized carbons (Fsp3) is 0.455. The molecule has 2 N–H and O–H groups in total. The molecular formula is C11H16N2O2. The summed E-state index contributed by atoms with van der Waals surface area (Å²) in [5.74, 6) is -0.0837. The predicted octanol–water partition coefficient (Wildman–Crippen LogP) is 0.937. The number of carbonyl (C=O) groups excluding carboxylic acids is 1. The first kappa shape index (κ1) is 11.8. The van der Waals surface area contributed by atoms with Gasteiger partial charge in [0.1, 0.15) is 0 Å². The van der Waals surface area contributed by atoms with Gasteiger partial charge in [-0.2, -0.15) is 0 Å². The van der Waals surface area contributed by atoms with Gasteiger partial charge in [0.15, 0.2) is 5.78 Å². The van der Waals surface area contributed by atoms with Crippen LogP contribution in [0, 0.1) is 6.92 Å². The number of nitrogens with two attached hydrogens (primary N) is 1. The minimum Gasteiger partial charge on any atom is -0.385 e. The van der Waals surface area contributed by atoms with E-state index < -0.39 is 6.04 Å². The number of rotatable bonds is 5. The summed E-state index contributed by atoms with van der Waals surface area (Å²) in [4.78, 5) is 15.8. The van der Waals surface area contributed by atoms with E-state index in [1.165, 1.54) is 0 Å². The summed E-state index contributed by atoms with van der Waals surface area (Å²) in [7, 11) is 1.59. The third kappa shape index (κ3) is 3.42. The van der Waals surface area contributed by atoms with E-state index in [0.717, 1.165) is 5.69 Å². The molecular weight excluding hydrogens is 192 g/mol. The lowest BCUT2D eigenvalue weighted by Crippen LogP contribution is -2.31. The molecule has 0 amide bonds. The zero-order chi connectivity index (χ0) is 11.3. The number of nitrogens with zero attached hydrogens (tertiary/aromatic N) is 1. The van der Waals surface area contributed by atoms with Crippen LogP contribution in [0.1, 0.15) is 22.5 Å². The molecule has 0 fully saturated rings. The van der Waals surface area contributed by atoms with E-state index in [0.29, 0.717) is 18.6 Å². The van der Waals surface area contributed by atoms with Crippen molar-refractivity contribution in [2.75, 3.05) is 13.7 Å².